The lowest BCUT2D eigenvalue weighted by atomic mass is 10.0. The molecule has 0 aromatic heterocycles. The molecule has 2 atom stereocenters. The van der Waals surface area contributed by atoms with E-state index in [1.54, 1.807) is 12.1 Å². The number of aliphatic carboxylic acids is 2. The van der Waals surface area contributed by atoms with E-state index >= 15 is 0 Å². The second kappa shape index (κ2) is 9.34. The molecule has 2 aromatic rings. The van der Waals surface area contributed by atoms with Gasteiger partial charge >= 0.3 is 11.9 Å². The molecule has 1 amide bonds. The van der Waals surface area contributed by atoms with Crippen LogP contribution in [0, 0.1) is 0 Å². The maximum Gasteiger partial charge on any atom is 0.323 e. The van der Waals surface area contributed by atoms with Gasteiger partial charge in [0.25, 0.3) is 0 Å². The molecule has 0 fully saturated rings. The number of carbonyl (C=O) groups is 3. The Hall–Kier alpha value is -3.19. The van der Waals surface area contributed by atoms with Gasteiger partial charge < -0.3 is 10.2 Å². The van der Waals surface area contributed by atoms with Gasteiger partial charge in [-0.25, -0.2) is 0 Å². The number of amides is 1. The lowest BCUT2D eigenvalue weighted by Gasteiger charge is -2.26. The van der Waals surface area contributed by atoms with Crippen molar-refractivity contribution in [2.45, 2.75) is 37.8 Å². The Kier molecular flexibility index (Phi) is 6.61. The van der Waals surface area contributed by atoms with Crippen LogP contribution in [0.5, 0.6) is 0 Å². The van der Waals surface area contributed by atoms with Crippen molar-refractivity contribution in [1.82, 2.24) is 5.32 Å². The standard InChI is InChI=1S/C22H24N2O5/c25-20(26)14-24-19-9-5-4-8-16(19)11-13-17(21(24)27)23-18(22(28)29)12-10-15-6-2-1-3-7-15/h1-9,17-18,23H,10-14H2,(H,25,26)(H,28,29). The smallest absolute Gasteiger partial charge is 0.323 e. The Morgan fingerprint density at radius 3 is 2.45 bits per heavy atom. The van der Waals surface area contributed by atoms with Crippen molar-refractivity contribution in [2.24, 2.45) is 0 Å². The number of para-hydroxylation sites is 1. The third kappa shape index (κ3) is 5.20. The molecule has 1 heterocycles. The number of carboxylic acids is 2. The second-order valence-corrected chi connectivity index (χ2v) is 7.12. The lowest BCUT2D eigenvalue weighted by molar-refractivity contribution is -0.140. The number of rotatable bonds is 8. The number of carbonyl (C=O) groups excluding carboxylic acids is 1. The van der Waals surface area contributed by atoms with Crippen molar-refractivity contribution >= 4 is 23.5 Å². The SMILES string of the molecule is O=C(O)CN1C(=O)C(NC(CCc2ccccc2)C(=O)O)CCc2ccccc21. The number of hydrogen-bond acceptors (Lipinski definition) is 4. The van der Waals surface area contributed by atoms with E-state index in [2.05, 4.69) is 5.32 Å². The van der Waals surface area contributed by atoms with Gasteiger partial charge in [0.1, 0.15) is 12.6 Å². The van der Waals surface area contributed by atoms with E-state index in [1.165, 1.54) is 4.90 Å². The van der Waals surface area contributed by atoms with E-state index in [1.807, 2.05) is 42.5 Å². The van der Waals surface area contributed by atoms with Crippen LogP contribution in [0.2, 0.25) is 0 Å². The number of anilines is 1. The summed E-state index contributed by atoms with van der Waals surface area (Å²) in [6, 6.07) is 15.1. The van der Waals surface area contributed by atoms with Gasteiger partial charge in [0.15, 0.2) is 0 Å². The summed E-state index contributed by atoms with van der Waals surface area (Å²) in [7, 11) is 0. The van der Waals surface area contributed by atoms with Gasteiger partial charge in [0, 0.05) is 5.69 Å². The number of carboxylic acid groups (broad SMARTS) is 2. The normalized spacial score (nSPS) is 17.3. The molecule has 0 aliphatic carbocycles. The van der Waals surface area contributed by atoms with E-state index in [4.69, 9.17) is 0 Å². The fraction of sp³-hybridized carbons (Fsp3) is 0.318. The molecule has 0 bridgehead atoms. The van der Waals surface area contributed by atoms with Gasteiger partial charge in [-0.05, 0) is 42.9 Å². The van der Waals surface area contributed by atoms with E-state index in [0.29, 0.717) is 31.4 Å². The Morgan fingerprint density at radius 2 is 1.76 bits per heavy atom. The zero-order chi connectivity index (χ0) is 20.8. The minimum Gasteiger partial charge on any atom is -0.480 e. The molecule has 0 saturated heterocycles. The maximum atomic E-state index is 13.1. The van der Waals surface area contributed by atoms with Crippen LogP contribution in [0.15, 0.2) is 54.6 Å². The van der Waals surface area contributed by atoms with Crippen LogP contribution in [0.25, 0.3) is 0 Å². The Bertz CT molecular complexity index is 884. The lowest BCUT2D eigenvalue weighted by Crippen LogP contribution is -2.52. The summed E-state index contributed by atoms with van der Waals surface area (Å²) in [6.07, 6.45) is 1.85. The number of nitrogens with one attached hydrogen (secondary N) is 1. The summed E-state index contributed by atoms with van der Waals surface area (Å²) >= 11 is 0. The van der Waals surface area contributed by atoms with Crippen molar-refractivity contribution in [3.05, 3.63) is 65.7 Å². The van der Waals surface area contributed by atoms with Gasteiger partial charge in [-0.15, -0.1) is 0 Å². The van der Waals surface area contributed by atoms with Gasteiger partial charge in [0.05, 0.1) is 6.04 Å². The summed E-state index contributed by atoms with van der Waals surface area (Å²) in [5, 5.41) is 21.9. The summed E-state index contributed by atoms with van der Waals surface area (Å²) in [5.41, 5.74) is 2.47. The van der Waals surface area contributed by atoms with Gasteiger partial charge in [-0.2, -0.15) is 0 Å². The molecule has 7 heteroatoms. The van der Waals surface area contributed by atoms with Crippen molar-refractivity contribution < 1.29 is 24.6 Å². The van der Waals surface area contributed by atoms with Crippen LogP contribution in [0.1, 0.15) is 24.0 Å². The first-order chi connectivity index (χ1) is 14.0. The molecule has 2 aromatic carbocycles. The first kappa shape index (κ1) is 20.5. The summed E-state index contributed by atoms with van der Waals surface area (Å²) < 4.78 is 0. The molecule has 7 nitrogen and oxygen atoms in total. The molecular weight excluding hydrogens is 372 g/mol. The molecule has 3 N–H and O–H groups in total. The first-order valence-electron chi connectivity index (χ1n) is 9.59. The molecule has 0 radical (unpaired) electrons. The second-order valence-electron chi connectivity index (χ2n) is 7.12. The summed E-state index contributed by atoms with van der Waals surface area (Å²) in [4.78, 5) is 37.4. The van der Waals surface area contributed by atoms with E-state index in [0.717, 1.165) is 11.1 Å². The van der Waals surface area contributed by atoms with Crippen molar-refractivity contribution in [3.63, 3.8) is 0 Å². The van der Waals surface area contributed by atoms with Crippen molar-refractivity contribution in [2.75, 3.05) is 11.4 Å². The number of aryl methyl sites for hydroxylation is 2. The number of nitrogens with zero attached hydrogens (tertiary/aromatic N) is 1. The van der Waals surface area contributed by atoms with Gasteiger partial charge in [0.2, 0.25) is 5.91 Å². The average Bonchev–Trinajstić information content (AvgIpc) is 2.83. The van der Waals surface area contributed by atoms with Crippen LogP contribution in [0.4, 0.5) is 5.69 Å². The predicted octanol–water partition coefficient (Wildman–Crippen LogP) is 2.09. The average molecular weight is 396 g/mol. The van der Waals surface area contributed by atoms with E-state index in [-0.39, 0.29) is 0 Å². The minimum absolute atomic E-state index is 0.328. The molecule has 1 aliphatic heterocycles. The summed E-state index contributed by atoms with van der Waals surface area (Å²) in [5.74, 6) is -2.56. The van der Waals surface area contributed by atoms with Gasteiger partial charge in [-0.1, -0.05) is 48.5 Å². The highest BCUT2D eigenvalue weighted by atomic mass is 16.4. The molecule has 0 spiro atoms. The maximum absolute atomic E-state index is 13.1. The number of hydrogen-bond donors (Lipinski definition) is 3. The highest BCUT2D eigenvalue weighted by Gasteiger charge is 2.34. The van der Waals surface area contributed by atoms with Crippen molar-refractivity contribution in [1.29, 1.82) is 0 Å². The quantitative estimate of drug-likeness (QED) is 0.631. The van der Waals surface area contributed by atoms with Crippen LogP contribution >= 0.6 is 0 Å². The van der Waals surface area contributed by atoms with Gasteiger partial charge in [-0.3, -0.25) is 24.6 Å². The molecule has 2 unspecified atom stereocenters. The third-order valence-electron chi connectivity index (χ3n) is 5.11. The van der Waals surface area contributed by atoms with Crippen LogP contribution in [-0.2, 0) is 27.2 Å². The fourth-order valence-electron chi connectivity index (χ4n) is 3.65. The largest absolute Gasteiger partial charge is 0.480 e. The Balaban J connectivity index is 1.77. The zero-order valence-corrected chi connectivity index (χ0v) is 16.0. The minimum atomic E-state index is -1.12. The van der Waals surface area contributed by atoms with Crippen LogP contribution in [0.3, 0.4) is 0 Å². The summed E-state index contributed by atoms with van der Waals surface area (Å²) in [6.45, 7) is -0.463. The fourth-order valence-corrected chi connectivity index (χ4v) is 3.65. The molecule has 3 rings (SSSR count). The van der Waals surface area contributed by atoms with Crippen molar-refractivity contribution in [3.8, 4) is 0 Å². The molecule has 0 saturated carbocycles. The first-order valence-corrected chi connectivity index (χ1v) is 9.59. The highest BCUT2D eigenvalue weighted by molar-refractivity contribution is 6.02. The van der Waals surface area contributed by atoms with E-state index < -0.39 is 36.5 Å². The number of fused-ring (bicyclic) bond motifs is 1. The highest BCUT2D eigenvalue weighted by Crippen LogP contribution is 2.27. The van der Waals surface area contributed by atoms with E-state index in [9.17, 15) is 24.6 Å². The van der Waals surface area contributed by atoms with Crippen LogP contribution in [-0.4, -0.2) is 46.7 Å². The van der Waals surface area contributed by atoms with Crippen LogP contribution < -0.4 is 10.2 Å². The topological polar surface area (TPSA) is 107 Å². The number of benzene rings is 2. The molecule has 152 valence electrons. The Labute approximate surface area is 169 Å². The Morgan fingerprint density at radius 1 is 1.07 bits per heavy atom. The predicted molar refractivity (Wildman–Crippen MR) is 108 cm³/mol. The molecule has 29 heavy (non-hydrogen) atoms. The zero-order valence-electron chi connectivity index (χ0n) is 16.0. The molecular formula is C22H24N2O5. The third-order valence-corrected chi connectivity index (χ3v) is 5.11. The monoisotopic (exact) mass is 396 g/mol. The molecule has 1 aliphatic rings.